The van der Waals surface area contributed by atoms with E-state index in [0.29, 0.717) is 0 Å². The van der Waals surface area contributed by atoms with Crippen LogP contribution in [0.3, 0.4) is 0 Å². The Morgan fingerprint density at radius 1 is 1.60 bits per heavy atom. The lowest BCUT2D eigenvalue weighted by Crippen LogP contribution is -2.35. The summed E-state index contributed by atoms with van der Waals surface area (Å²) < 4.78 is 5.07. The highest BCUT2D eigenvalue weighted by molar-refractivity contribution is 7.19. The molecule has 1 aliphatic carbocycles. The molecule has 0 aromatic carbocycles. The molecule has 0 saturated heterocycles. The van der Waals surface area contributed by atoms with Gasteiger partial charge in [0, 0.05) is 7.11 Å². The molecular formula is C7H11O2P. The average Bonchev–Trinajstić information content (AvgIpc) is 1.96. The Bertz CT molecular complexity index is 176. The first-order valence-corrected chi connectivity index (χ1v) is 3.65. The zero-order valence-corrected chi connectivity index (χ0v) is 6.97. The van der Waals surface area contributed by atoms with Gasteiger partial charge in [0.2, 0.25) is 0 Å². The van der Waals surface area contributed by atoms with E-state index in [-0.39, 0.29) is 0 Å². The molecule has 3 unspecified atom stereocenters. The smallest absolute Gasteiger partial charge is 0.128 e. The van der Waals surface area contributed by atoms with Crippen LogP contribution in [-0.4, -0.2) is 23.7 Å². The molecule has 0 heterocycles. The van der Waals surface area contributed by atoms with E-state index < -0.39 is 11.4 Å². The first-order valence-electron chi connectivity index (χ1n) is 3.07. The van der Waals surface area contributed by atoms with Crippen LogP contribution in [0.15, 0.2) is 24.3 Å². The van der Waals surface area contributed by atoms with Crippen LogP contribution in [0.5, 0.6) is 0 Å². The molecule has 0 aromatic rings. The normalized spacial score (nSPS) is 38.5. The van der Waals surface area contributed by atoms with E-state index in [0.717, 1.165) is 0 Å². The molecule has 3 heteroatoms. The Labute approximate surface area is 62.8 Å². The first kappa shape index (κ1) is 7.93. The third-order valence-corrected chi connectivity index (χ3v) is 2.35. The molecule has 0 spiro atoms. The minimum Gasteiger partial charge on any atom is -0.385 e. The third kappa shape index (κ3) is 1.29. The Morgan fingerprint density at radius 2 is 2.30 bits per heavy atom. The summed E-state index contributed by atoms with van der Waals surface area (Å²) in [5, 5.41) is 8.73. The fourth-order valence-corrected chi connectivity index (χ4v) is 1.04. The molecule has 0 saturated carbocycles. The molecule has 1 rings (SSSR count). The van der Waals surface area contributed by atoms with E-state index in [9.17, 15) is 5.11 Å². The van der Waals surface area contributed by atoms with Gasteiger partial charge in [-0.2, -0.15) is 0 Å². The van der Waals surface area contributed by atoms with Gasteiger partial charge in [0.25, 0.3) is 0 Å². The Kier molecular flexibility index (Phi) is 2.24. The summed E-state index contributed by atoms with van der Waals surface area (Å²) in [6, 6.07) is 0. The van der Waals surface area contributed by atoms with Crippen molar-refractivity contribution in [3.05, 3.63) is 24.3 Å². The van der Waals surface area contributed by atoms with Gasteiger partial charge in [-0.15, -0.1) is 0 Å². The molecule has 0 amide bonds. The average molecular weight is 158 g/mol. The van der Waals surface area contributed by atoms with Gasteiger partial charge in [-0.05, 0) is 6.08 Å². The van der Waals surface area contributed by atoms with Crippen molar-refractivity contribution in [2.24, 2.45) is 0 Å². The molecule has 0 aliphatic heterocycles. The summed E-state index contributed by atoms with van der Waals surface area (Å²) in [7, 11) is 4.04. The molecule has 0 fully saturated rings. The Balaban J connectivity index is 2.77. The lowest BCUT2D eigenvalue weighted by Gasteiger charge is -2.29. The number of aliphatic hydroxyl groups excluding tert-OH is 1. The topological polar surface area (TPSA) is 29.5 Å². The van der Waals surface area contributed by atoms with Crippen molar-refractivity contribution >= 4 is 9.24 Å². The zero-order valence-electron chi connectivity index (χ0n) is 5.82. The second-order valence-electron chi connectivity index (χ2n) is 2.25. The molecule has 0 aromatic heterocycles. The lowest BCUT2D eigenvalue weighted by atomic mass is 10.1. The van der Waals surface area contributed by atoms with Crippen LogP contribution >= 0.6 is 9.24 Å². The number of hydrogen-bond donors (Lipinski definition) is 1. The minimum absolute atomic E-state index is 0.563. The van der Waals surface area contributed by atoms with Gasteiger partial charge < -0.3 is 9.84 Å². The van der Waals surface area contributed by atoms with Crippen molar-refractivity contribution in [2.75, 3.05) is 7.11 Å². The summed E-state index contributed by atoms with van der Waals surface area (Å²) in [4.78, 5) is 0. The number of allylic oxidation sites excluding steroid dienone is 2. The Hall–Kier alpha value is -0.170. The molecule has 2 nitrogen and oxygen atoms in total. The van der Waals surface area contributed by atoms with Crippen LogP contribution in [0.4, 0.5) is 0 Å². The maximum absolute atomic E-state index is 9.34. The van der Waals surface area contributed by atoms with Crippen LogP contribution in [-0.2, 0) is 4.74 Å². The standard InChI is InChI=1S/C7H11O2P/c1-9-7(10)5-3-2-4-6(7)8/h2-6,8H,10H2,1H3. The molecule has 0 bridgehead atoms. The van der Waals surface area contributed by atoms with Crippen LogP contribution in [0.1, 0.15) is 0 Å². The molecule has 56 valence electrons. The fourth-order valence-electron chi connectivity index (χ4n) is 0.813. The maximum Gasteiger partial charge on any atom is 0.128 e. The van der Waals surface area contributed by atoms with Crippen molar-refractivity contribution < 1.29 is 9.84 Å². The van der Waals surface area contributed by atoms with Gasteiger partial charge in [0.15, 0.2) is 0 Å². The fraction of sp³-hybridized carbons (Fsp3) is 0.429. The molecule has 10 heavy (non-hydrogen) atoms. The van der Waals surface area contributed by atoms with E-state index in [2.05, 4.69) is 9.24 Å². The summed E-state index contributed by atoms with van der Waals surface area (Å²) in [5.74, 6) is 0. The van der Waals surface area contributed by atoms with Crippen LogP contribution in [0.2, 0.25) is 0 Å². The highest BCUT2D eigenvalue weighted by Gasteiger charge is 2.29. The number of ether oxygens (including phenoxy) is 1. The first-order chi connectivity index (χ1) is 4.69. The SMILES string of the molecule is COC1(P)C=CC=CC1O. The second kappa shape index (κ2) is 2.83. The van der Waals surface area contributed by atoms with E-state index >= 15 is 0 Å². The highest BCUT2D eigenvalue weighted by Crippen LogP contribution is 2.28. The van der Waals surface area contributed by atoms with Crippen molar-refractivity contribution in [1.29, 1.82) is 0 Å². The maximum atomic E-state index is 9.34. The lowest BCUT2D eigenvalue weighted by molar-refractivity contribution is 0.0156. The molecule has 1 N–H and O–H groups in total. The predicted molar refractivity (Wildman–Crippen MR) is 43.7 cm³/mol. The molecular weight excluding hydrogens is 147 g/mol. The number of aliphatic hydroxyl groups is 1. The third-order valence-electron chi connectivity index (χ3n) is 1.58. The van der Waals surface area contributed by atoms with Gasteiger partial charge in [-0.25, -0.2) is 0 Å². The summed E-state index contributed by atoms with van der Waals surface area (Å²) >= 11 is 0. The van der Waals surface area contributed by atoms with Crippen molar-refractivity contribution in [2.45, 2.75) is 11.4 Å². The minimum atomic E-state index is -0.616. The van der Waals surface area contributed by atoms with Crippen molar-refractivity contribution in [3.63, 3.8) is 0 Å². The van der Waals surface area contributed by atoms with E-state index in [1.807, 2.05) is 12.2 Å². The van der Waals surface area contributed by atoms with E-state index in [1.54, 1.807) is 19.3 Å². The summed E-state index contributed by atoms with van der Waals surface area (Å²) in [6.45, 7) is 0. The van der Waals surface area contributed by atoms with Gasteiger partial charge in [-0.3, -0.25) is 0 Å². The Morgan fingerprint density at radius 3 is 2.70 bits per heavy atom. The highest BCUT2D eigenvalue weighted by atomic mass is 31.0. The van der Waals surface area contributed by atoms with Crippen molar-refractivity contribution in [1.82, 2.24) is 0 Å². The predicted octanol–water partition coefficient (Wildman–Crippen LogP) is 0.691. The largest absolute Gasteiger partial charge is 0.385 e. The summed E-state index contributed by atoms with van der Waals surface area (Å²) in [5.41, 5.74) is 0. The van der Waals surface area contributed by atoms with Gasteiger partial charge in [-0.1, -0.05) is 27.5 Å². The summed E-state index contributed by atoms with van der Waals surface area (Å²) in [6.07, 6.45) is 6.58. The second-order valence-corrected chi connectivity index (χ2v) is 3.15. The monoisotopic (exact) mass is 158 g/mol. The van der Waals surface area contributed by atoms with Crippen LogP contribution < -0.4 is 0 Å². The zero-order chi connectivity index (χ0) is 7.61. The van der Waals surface area contributed by atoms with Gasteiger partial charge >= 0.3 is 0 Å². The van der Waals surface area contributed by atoms with Gasteiger partial charge in [0.05, 0.1) is 0 Å². The van der Waals surface area contributed by atoms with Crippen molar-refractivity contribution in [3.8, 4) is 0 Å². The number of methoxy groups -OCH3 is 1. The van der Waals surface area contributed by atoms with Crippen LogP contribution in [0, 0.1) is 0 Å². The number of hydrogen-bond acceptors (Lipinski definition) is 2. The number of rotatable bonds is 1. The van der Waals surface area contributed by atoms with E-state index in [4.69, 9.17) is 4.74 Å². The van der Waals surface area contributed by atoms with Crippen LogP contribution in [0.25, 0.3) is 0 Å². The quantitative estimate of drug-likeness (QED) is 0.569. The molecule has 1 aliphatic rings. The van der Waals surface area contributed by atoms with Gasteiger partial charge in [0.1, 0.15) is 11.4 Å². The van der Waals surface area contributed by atoms with E-state index in [1.165, 1.54) is 0 Å². The molecule has 3 atom stereocenters. The molecule has 0 radical (unpaired) electrons.